The summed E-state index contributed by atoms with van der Waals surface area (Å²) in [5.74, 6) is -0.426. The maximum Gasteiger partial charge on any atom is 0.261 e. The summed E-state index contributed by atoms with van der Waals surface area (Å²) in [6, 6.07) is 14.2. The number of amides is 1. The lowest BCUT2D eigenvalue weighted by Crippen LogP contribution is -2.28. The Morgan fingerprint density at radius 1 is 1.03 bits per heavy atom. The molecule has 0 radical (unpaired) electrons. The van der Waals surface area contributed by atoms with Gasteiger partial charge in [-0.1, -0.05) is 6.07 Å². The van der Waals surface area contributed by atoms with Crippen molar-refractivity contribution in [1.82, 2.24) is 10.3 Å². The van der Waals surface area contributed by atoms with E-state index < -0.39 is 15.8 Å². The number of ether oxygens (including phenoxy) is 1. The maximum atomic E-state index is 12.9. The minimum atomic E-state index is -3.83. The summed E-state index contributed by atoms with van der Waals surface area (Å²) in [5.41, 5.74) is 1.11. The van der Waals surface area contributed by atoms with Gasteiger partial charge in [-0.05, 0) is 60.2 Å². The fraction of sp³-hybridized carbons (Fsp3) is 0.100. The number of sulfonamides is 1. The summed E-state index contributed by atoms with van der Waals surface area (Å²) >= 11 is 0. The lowest BCUT2D eigenvalue weighted by molar-refractivity contribution is -0.123. The first-order valence-corrected chi connectivity index (χ1v) is 10.1. The Morgan fingerprint density at radius 3 is 2.41 bits per heavy atom. The van der Waals surface area contributed by atoms with Crippen molar-refractivity contribution in [2.75, 3.05) is 11.3 Å². The summed E-state index contributed by atoms with van der Waals surface area (Å²) in [7, 11) is -3.83. The number of carbonyl (C=O) groups is 1. The van der Waals surface area contributed by atoms with Crippen LogP contribution < -0.4 is 14.8 Å². The molecule has 150 valence electrons. The standard InChI is InChI=1S/C20H18FN3O4S/c21-16-3-5-17(6-4-16)24-29(26,27)19-9-7-18(8-10-19)28-14-20(25)23-13-15-2-1-11-22-12-15/h1-12,24H,13-14H2,(H,23,25). The molecule has 29 heavy (non-hydrogen) atoms. The lowest BCUT2D eigenvalue weighted by Gasteiger charge is -2.10. The zero-order valence-corrected chi connectivity index (χ0v) is 16.0. The number of anilines is 1. The molecule has 0 spiro atoms. The van der Waals surface area contributed by atoms with Crippen molar-refractivity contribution in [2.45, 2.75) is 11.4 Å². The molecule has 2 aromatic carbocycles. The van der Waals surface area contributed by atoms with Crippen molar-refractivity contribution >= 4 is 21.6 Å². The number of nitrogens with zero attached hydrogens (tertiary/aromatic N) is 1. The molecule has 0 fully saturated rings. The Labute approximate surface area is 167 Å². The summed E-state index contributed by atoms with van der Waals surface area (Å²) in [6.45, 7) is 0.127. The first-order valence-electron chi connectivity index (χ1n) is 8.59. The molecule has 0 aliphatic heterocycles. The molecule has 3 aromatic rings. The summed E-state index contributed by atoms with van der Waals surface area (Å²) < 4.78 is 45.4. The Morgan fingerprint density at radius 2 is 1.76 bits per heavy atom. The third-order valence-electron chi connectivity index (χ3n) is 3.81. The van der Waals surface area contributed by atoms with Crippen LogP contribution >= 0.6 is 0 Å². The molecule has 0 aliphatic rings. The Hall–Kier alpha value is -3.46. The fourth-order valence-corrected chi connectivity index (χ4v) is 3.41. The SMILES string of the molecule is O=C(COc1ccc(S(=O)(=O)Nc2ccc(F)cc2)cc1)NCc1cccnc1. The average Bonchev–Trinajstić information content (AvgIpc) is 2.73. The molecule has 1 heterocycles. The number of rotatable bonds is 8. The number of halogens is 1. The van der Waals surface area contributed by atoms with Crippen molar-refractivity contribution in [3.8, 4) is 5.75 Å². The highest BCUT2D eigenvalue weighted by Gasteiger charge is 2.14. The van der Waals surface area contributed by atoms with Crippen LogP contribution in [-0.2, 0) is 21.4 Å². The van der Waals surface area contributed by atoms with Gasteiger partial charge in [0.15, 0.2) is 6.61 Å². The minimum absolute atomic E-state index is 0.00945. The number of nitrogens with one attached hydrogen (secondary N) is 2. The largest absolute Gasteiger partial charge is 0.484 e. The quantitative estimate of drug-likeness (QED) is 0.590. The van der Waals surface area contributed by atoms with Crippen LogP contribution in [0.5, 0.6) is 5.75 Å². The van der Waals surface area contributed by atoms with E-state index in [9.17, 15) is 17.6 Å². The van der Waals surface area contributed by atoms with E-state index in [2.05, 4.69) is 15.0 Å². The molecule has 3 rings (SSSR count). The van der Waals surface area contributed by atoms with Gasteiger partial charge in [0, 0.05) is 24.6 Å². The van der Waals surface area contributed by atoms with Crippen molar-refractivity contribution in [3.63, 3.8) is 0 Å². The average molecular weight is 415 g/mol. The van der Waals surface area contributed by atoms with E-state index in [1.807, 2.05) is 6.07 Å². The van der Waals surface area contributed by atoms with Crippen molar-refractivity contribution in [2.24, 2.45) is 0 Å². The van der Waals surface area contributed by atoms with E-state index in [0.29, 0.717) is 12.3 Å². The van der Waals surface area contributed by atoms with Crippen LogP contribution in [0.4, 0.5) is 10.1 Å². The third kappa shape index (κ3) is 6.01. The molecule has 1 aromatic heterocycles. The number of aromatic nitrogens is 1. The van der Waals surface area contributed by atoms with Gasteiger partial charge in [-0.25, -0.2) is 12.8 Å². The highest BCUT2D eigenvalue weighted by atomic mass is 32.2. The van der Waals surface area contributed by atoms with Gasteiger partial charge in [-0.3, -0.25) is 14.5 Å². The van der Waals surface area contributed by atoms with Gasteiger partial charge in [-0.2, -0.15) is 0 Å². The molecular formula is C20H18FN3O4S. The van der Waals surface area contributed by atoms with Gasteiger partial charge in [0.2, 0.25) is 0 Å². The van der Waals surface area contributed by atoms with Crippen molar-refractivity contribution < 1.29 is 22.3 Å². The van der Waals surface area contributed by atoms with Gasteiger partial charge in [0.1, 0.15) is 11.6 Å². The topological polar surface area (TPSA) is 97.4 Å². The van der Waals surface area contributed by atoms with Crippen LogP contribution in [0.3, 0.4) is 0 Å². The predicted molar refractivity (Wildman–Crippen MR) is 105 cm³/mol. The monoisotopic (exact) mass is 415 g/mol. The lowest BCUT2D eigenvalue weighted by atomic mass is 10.3. The summed E-state index contributed by atoms with van der Waals surface area (Å²) in [6.07, 6.45) is 3.30. The van der Waals surface area contributed by atoms with Crippen LogP contribution in [0, 0.1) is 5.82 Å². The minimum Gasteiger partial charge on any atom is -0.484 e. The van der Waals surface area contributed by atoms with Crippen molar-refractivity contribution in [1.29, 1.82) is 0 Å². The van der Waals surface area contributed by atoms with Crippen LogP contribution in [0.2, 0.25) is 0 Å². The smallest absolute Gasteiger partial charge is 0.261 e. The van der Waals surface area contributed by atoms with E-state index in [0.717, 1.165) is 17.7 Å². The second-order valence-corrected chi connectivity index (χ2v) is 7.69. The van der Waals surface area contributed by atoms with E-state index >= 15 is 0 Å². The maximum absolute atomic E-state index is 12.9. The molecule has 0 atom stereocenters. The molecule has 9 heteroatoms. The molecule has 0 aliphatic carbocycles. The van der Waals surface area contributed by atoms with E-state index in [4.69, 9.17) is 4.74 Å². The molecular weight excluding hydrogens is 397 g/mol. The number of hydrogen-bond donors (Lipinski definition) is 2. The zero-order chi connectivity index (χ0) is 20.7. The van der Waals surface area contributed by atoms with Crippen LogP contribution in [0.15, 0.2) is 78.0 Å². The first kappa shape index (κ1) is 20.3. The van der Waals surface area contributed by atoms with Crippen LogP contribution in [-0.4, -0.2) is 25.9 Å². The zero-order valence-electron chi connectivity index (χ0n) is 15.2. The molecule has 0 bridgehead atoms. The van der Waals surface area contributed by atoms with Crippen LogP contribution in [0.25, 0.3) is 0 Å². The fourth-order valence-electron chi connectivity index (χ4n) is 2.35. The summed E-state index contributed by atoms with van der Waals surface area (Å²) in [4.78, 5) is 15.8. The molecule has 0 saturated heterocycles. The second-order valence-electron chi connectivity index (χ2n) is 6.01. The number of pyridine rings is 1. The van der Waals surface area contributed by atoms with Crippen LogP contribution in [0.1, 0.15) is 5.56 Å². The molecule has 0 unspecified atom stereocenters. The van der Waals surface area contributed by atoms with Crippen molar-refractivity contribution in [3.05, 3.63) is 84.4 Å². The Balaban J connectivity index is 1.52. The van der Waals surface area contributed by atoms with Gasteiger partial charge in [0.25, 0.3) is 15.9 Å². The second kappa shape index (κ2) is 9.16. The van der Waals surface area contributed by atoms with Gasteiger partial charge in [-0.15, -0.1) is 0 Å². The Bertz CT molecular complexity index is 1060. The van der Waals surface area contributed by atoms with Gasteiger partial charge >= 0.3 is 0 Å². The predicted octanol–water partition coefficient (Wildman–Crippen LogP) is 2.72. The van der Waals surface area contributed by atoms with E-state index in [-0.39, 0.29) is 23.1 Å². The third-order valence-corrected chi connectivity index (χ3v) is 5.21. The van der Waals surface area contributed by atoms with Gasteiger partial charge in [0.05, 0.1) is 4.90 Å². The number of benzene rings is 2. The molecule has 7 nitrogen and oxygen atoms in total. The molecule has 0 saturated carbocycles. The first-order chi connectivity index (χ1) is 13.9. The van der Waals surface area contributed by atoms with E-state index in [1.54, 1.807) is 18.5 Å². The molecule has 1 amide bonds. The molecule has 2 N–H and O–H groups in total. The Kier molecular flexibility index (Phi) is 6.40. The van der Waals surface area contributed by atoms with Gasteiger partial charge < -0.3 is 10.1 Å². The summed E-state index contributed by atoms with van der Waals surface area (Å²) in [5, 5.41) is 2.70. The van der Waals surface area contributed by atoms with E-state index in [1.165, 1.54) is 36.4 Å². The number of hydrogen-bond acceptors (Lipinski definition) is 5. The number of carbonyl (C=O) groups excluding carboxylic acids is 1. The normalized spacial score (nSPS) is 10.9. The highest BCUT2D eigenvalue weighted by molar-refractivity contribution is 7.92. The highest BCUT2D eigenvalue weighted by Crippen LogP contribution is 2.19.